The van der Waals surface area contributed by atoms with Crippen LogP contribution in [0.4, 0.5) is 0 Å². The Balaban J connectivity index is 1.47. The Labute approximate surface area is 118 Å². The number of piperidine rings is 1. The largest absolute Gasteiger partial charge is 0.317 e. The molecule has 1 N–H and O–H groups in total. The van der Waals surface area contributed by atoms with E-state index < -0.39 is 0 Å². The van der Waals surface area contributed by atoms with Gasteiger partial charge in [-0.25, -0.2) is 0 Å². The molecule has 3 aliphatic rings. The number of piperazine rings is 1. The van der Waals surface area contributed by atoms with E-state index in [1.165, 1.54) is 84.3 Å². The van der Waals surface area contributed by atoms with Crippen molar-refractivity contribution in [3.63, 3.8) is 0 Å². The number of nitrogens with zero attached hydrogens (tertiary/aromatic N) is 2. The Kier molecular flexibility index (Phi) is 4.45. The molecule has 1 saturated carbocycles. The van der Waals surface area contributed by atoms with Gasteiger partial charge in [0.05, 0.1) is 0 Å². The van der Waals surface area contributed by atoms with Crippen molar-refractivity contribution in [2.75, 3.05) is 45.8 Å². The molecule has 0 amide bonds. The molecule has 0 aromatic rings. The van der Waals surface area contributed by atoms with Crippen LogP contribution in [0.2, 0.25) is 0 Å². The summed E-state index contributed by atoms with van der Waals surface area (Å²) in [6.07, 6.45) is 8.78. The third-order valence-corrected chi connectivity index (χ3v) is 6.05. The highest BCUT2D eigenvalue weighted by Gasteiger charge is 2.37. The van der Waals surface area contributed by atoms with Crippen molar-refractivity contribution in [3.8, 4) is 0 Å². The molecular formula is C16H31N3. The average molecular weight is 265 g/mol. The fourth-order valence-corrected chi connectivity index (χ4v) is 4.48. The van der Waals surface area contributed by atoms with Gasteiger partial charge >= 0.3 is 0 Å². The van der Waals surface area contributed by atoms with Crippen LogP contribution in [0.1, 0.15) is 45.4 Å². The maximum absolute atomic E-state index is 3.53. The molecule has 0 aromatic carbocycles. The summed E-state index contributed by atoms with van der Waals surface area (Å²) < 4.78 is 0. The molecule has 2 heterocycles. The van der Waals surface area contributed by atoms with Crippen molar-refractivity contribution in [1.82, 2.24) is 15.1 Å². The molecule has 1 spiro atoms. The molecule has 2 saturated heterocycles. The molecule has 0 unspecified atom stereocenters. The lowest BCUT2D eigenvalue weighted by molar-refractivity contribution is 0.0377. The molecule has 1 aliphatic carbocycles. The molecule has 110 valence electrons. The van der Waals surface area contributed by atoms with Crippen molar-refractivity contribution >= 4 is 0 Å². The van der Waals surface area contributed by atoms with E-state index in [9.17, 15) is 0 Å². The van der Waals surface area contributed by atoms with E-state index in [0.29, 0.717) is 0 Å². The van der Waals surface area contributed by atoms with Gasteiger partial charge in [-0.15, -0.1) is 0 Å². The minimum Gasteiger partial charge on any atom is -0.317 e. The molecule has 19 heavy (non-hydrogen) atoms. The number of nitrogens with one attached hydrogen (secondary N) is 1. The van der Waals surface area contributed by atoms with Crippen LogP contribution < -0.4 is 5.32 Å². The van der Waals surface area contributed by atoms with Crippen LogP contribution in [0.15, 0.2) is 0 Å². The predicted molar refractivity (Wildman–Crippen MR) is 80.5 cm³/mol. The summed E-state index contributed by atoms with van der Waals surface area (Å²) in [5.74, 6) is 0. The van der Waals surface area contributed by atoms with Gasteiger partial charge in [0.2, 0.25) is 0 Å². The molecule has 0 bridgehead atoms. The lowest BCUT2D eigenvalue weighted by Gasteiger charge is -2.47. The monoisotopic (exact) mass is 265 g/mol. The summed E-state index contributed by atoms with van der Waals surface area (Å²) in [7, 11) is 0. The van der Waals surface area contributed by atoms with Crippen molar-refractivity contribution in [2.45, 2.75) is 51.5 Å². The van der Waals surface area contributed by atoms with Gasteiger partial charge in [-0.1, -0.05) is 6.92 Å². The quantitative estimate of drug-likeness (QED) is 0.823. The van der Waals surface area contributed by atoms with Gasteiger partial charge in [0, 0.05) is 32.2 Å². The summed E-state index contributed by atoms with van der Waals surface area (Å²) in [5, 5.41) is 3.53. The van der Waals surface area contributed by atoms with E-state index in [2.05, 4.69) is 22.0 Å². The maximum Gasteiger partial charge on any atom is 0.0113 e. The lowest BCUT2D eigenvalue weighted by atomic mass is 9.67. The van der Waals surface area contributed by atoms with Gasteiger partial charge in [0.1, 0.15) is 0 Å². The predicted octanol–water partition coefficient (Wildman–Crippen LogP) is 1.94. The fraction of sp³-hybridized carbons (Fsp3) is 1.00. The first kappa shape index (κ1) is 13.8. The van der Waals surface area contributed by atoms with Crippen LogP contribution in [0.3, 0.4) is 0 Å². The zero-order chi connectivity index (χ0) is 13.1. The molecule has 2 aliphatic heterocycles. The molecule has 0 aromatic heterocycles. The topological polar surface area (TPSA) is 18.5 Å². The Hall–Kier alpha value is -0.120. The normalized spacial score (nSPS) is 30.8. The van der Waals surface area contributed by atoms with Crippen LogP contribution in [-0.2, 0) is 0 Å². The van der Waals surface area contributed by atoms with E-state index in [1.54, 1.807) is 0 Å². The third kappa shape index (κ3) is 3.14. The Morgan fingerprint density at radius 1 is 0.947 bits per heavy atom. The highest BCUT2D eigenvalue weighted by atomic mass is 15.3. The fourth-order valence-electron chi connectivity index (χ4n) is 4.48. The van der Waals surface area contributed by atoms with Gasteiger partial charge in [-0.2, -0.15) is 0 Å². The molecule has 0 radical (unpaired) electrons. The maximum atomic E-state index is 3.53. The Morgan fingerprint density at radius 3 is 2.16 bits per heavy atom. The van der Waals surface area contributed by atoms with E-state index in [1.807, 2.05) is 0 Å². The van der Waals surface area contributed by atoms with Crippen molar-refractivity contribution in [3.05, 3.63) is 0 Å². The second-order valence-electron chi connectivity index (χ2n) is 6.95. The van der Waals surface area contributed by atoms with Crippen LogP contribution in [0.25, 0.3) is 0 Å². The SMILES string of the molecule is CCN1CCN(C2CCC3(CCNCC3)CC2)CC1. The van der Waals surface area contributed by atoms with E-state index in [-0.39, 0.29) is 0 Å². The zero-order valence-electron chi connectivity index (χ0n) is 12.7. The number of hydrogen-bond acceptors (Lipinski definition) is 3. The summed E-state index contributed by atoms with van der Waals surface area (Å²) in [6.45, 7) is 11.3. The van der Waals surface area contributed by atoms with Gasteiger partial charge in [0.15, 0.2) is 0 Å². The van der Waals surface area contributed by atoms with Crippen LogP contribution in [0, 0.1) is 5.41 Å². The zero-order valence-corrected chi connectivity index (χ0v) is 12.7. The Morgan fingerprint density at radius 2 is 1.58 bits per heavy atom. The van der Waals surface area contributed by atoms with E-state index >= 15 is 0 Å². The van der Waals surface area contributed by atoms with Gasteiger partial charge < -0.3 is 10.2 Å². The van der Waals surface area contributed by atoms with Crippen LogP contribution >= 0.6 is 0 Å². The smallest absolute Gasteiger partial charge is 0.0113 e. The van der Waals surface area contributed by atoms with Gasteiger partial charge in [-0.05, 0) is 63.6 Å². The first-order valence-corrected chi connectivity index (χ1v) is 8.48. The molecule has 0 atom stereocenters. The molecular weight excluding hydrogens is 234 g/mol. The second kappa shape index (κ2) is 6.11. The standard InChI is InChI=1S/C16H31N3/c1-2-18-11-13-19(14-12-18)15-3-5-16(6-4-15)7-9-17-10-8-16/h15,17H,2-14H2,1H3. The minimum absolute atomic E-state index is 0.729. The van der Waals surface area contributed by atoms with Crippen molar-refractivity contribution < 1.29 is 0 Å². The minimum atomic E-state index is 0.729. The lowest BCUT2D eigenvalue weighted by Crippen LogP contribution is -2.52. The van der Waals surface area contributed by atoms with Crippen molar-refractivity contribution in [2.24, 2.45) is 5.41 Å². The number of hydrogen-bond donors (Lipinski definition) is 1. The Bertz CT molecular complexity index is 268. The first-order valence-electron chi connectivity index (χ1n) is 8.48. The van der Waals surface area contributed by atoms with Crippen LogP contribution in [-0.4, -0.2) is 61.7 Å². The molecule has 3 nitrogen and oxygen atoms in total. The number of rotatable bonds is 2. The van der Waals surface area contributed by atoms with E-state index in [0.717, 1.165) is 11.5 Å². The molecule has 3 heteroatoms. The van der Waals surface area contributed by atoms with Crippen LogP contribution in [0.5, 0.6) is 0 Å². The highest BCUT2D eigenvalue weighted by molar-refractivity contribution is 4.92. The average Bonchev–Trinajstić information content (AvgIpc) is 2.49. The summed E-state index contributed by atoms with van der Waals surface area (Å²) >= 11 is 0. The third-order valence-electron chi connectivity index (χ3n) is 6.05. The first-order chi connectivity index (χ1) is 9.31. The molecule has 3 fully saturated rings. The van der Waals surface area contributed by atoms with E-state index in [4.69, 9.17) is 0 Å². The second-order valence-corrected chi connectivity index (χ2v) is 6.95. The highest BCUT2D eigenvalue weighted by Crippen LogP contribution is 2.44. The molecule has 3 rings (SSSR count). The van der Waals surface area contributed by atoms with Gasteiger partial charge in [0.25, 0.3) is 0 Å². The summed E-state index contributed by atoms with van der Waals surface area (Å²) in [5.41, 5.74) is 0.729. The summed E-state index contributed by atoms with van der Waals surface area (Å²) in [4.78, 5) is 5.38. The van der Waals surface area contributed by atoms with Gasteiger partial charge in [-0.3, -0.25) is 4.90 Å². The summed E-state index contributed by atoms with van der Waals surface area (Å²) in [6, 6.07) is 0.902. The number of likely N-dealkylation sites (N-methyl/N-ethyl adjacent to an activating group) is 1. The van der Waals surface area contributed by atoms with Crippen molar-refractivity contribution in [1.29, 1.82) is 0 Å².